The van der Waals surface area contributed by atoms with E-state index in [1.54, 1.807) is 0 Å². The van der Waals surface area contributed by atoms with Crippen molar-refractivity contribution in [2.75, 3.05) is 0 Å². The molecule has 0 fully saturated rings. The highest BCUT2D eigenvalue weighted by Crippen LogP contribution is 2.47. The highest BCUT2D eigenvalue weighted by Gasteiger charge is 2.25. The standard InChI is InChI=1S/C49H27N5O/c1-2-13-28(14-3-1)47-50-48(52-49(51-47)36-20-12-19-33-30-15-7-11-24-41(30)55-46(33)36)29-25-26-35-40(27-29)54-39-23-10-9-22-38(39)53-37-21-8-6-18-34(37)42-31-16-4-5-17-32(31)43(35)45(54)44(42)53/h1-27H. The second-order valence-corrected chi connectivity index (χ2v) is 14.4. The Morgan fingerprint density at radius 3 is 1.65 bits per heavy atom. The topological polar surface area (TPSA) is 60.6 Å². The summed E-state index contributed by atoms with van der Waals surface area (Å²) in [6, 6.07) is 57.6. The minimum absolute atomic E-state index is 0.567. The van der Waals surface area contributed by atoms with Gasteiger partial charge in [0.25, 0.3) is 0 Å². The predicted octanol–water partition coefficient (Wildman–Crippen LogP) is 12.5. The summed E-state index contributed by atoms with van der Waals surface area (Å²) in [5.41, 5.74) is 11.3. The van der Waals surface area contributed by atoms with Gasteiger partial charge in [-0.3, -0.25) is 0 Å². The highest BCUT2D eigenvalue weighted by molar-refractivity contribution is 6.37. The summed E-state index contributed by atoms with van der Waals surface area (Å²) < 4.78 is 11.4. The maximum Gasteiger partial charge on any atom is 0.167 e. The zero-order valence-electron chi connectivity index (χ0n) is 29.2. The van der Waals surface area contributed by atoms with Crippen molar-refractivity contribution in [1.29, 1.82) is 0 Å². The minimum Gasteiger partial charge on any atom is -0.455 e. The molecule has 0 saturated heterocycles. The zero-order valence-corrected chi connectivity index (χ0v) is 29.2. The number of fused-ring (bicyclic) bond motifs is 15. The monoisotopic (exact) mass is 701 g/mol. The Bertz CT molecular complexity index is 3680. The van der Waals surface area contributed by atoms with Crippen LogP contribution in [-0.2, 0) is 0 Å². The molecule has 0 aliphatic rings. The summed E-state index contributed by atoms with van der Waals surface area (Å²) in [5, 5.41) is 9.59. The largest absolute Gasteiger partial charge is 0.455 e. The molecule has 0 aliphatic heterocycles. The van der Waals surface area contributed by atoms with Gasteiger partial charge < -0.3 is 13.2 Å². The predicted molar refractivity (Wildman–Crippen MR) is 224 cm³/mol. The van der Waals surface area contributed by atoms with Gasteiger partial charge in [-0.25, -0.2) is 15.0 Å². The molecule has 0 radical (unpaired) electrons. The van der Waals surface area contributed by atoms with Crippen LogP contribution in [0.1, 0.15) is 0 Å². The summed E-state index contributed by atoms with van der Waals surface area (Å²) in [5.74, 6) is 1.78. The Kier molecular flexibility index (Phi) is 5.54. The fraction of sp³-hybridized carbons (Fsp3) is 0. The van der Waals surface area contributed by atoms with Crippen LogP contribution in [0, 0.1) is 0 Å². The Hall–Kier alpha value is -7.57. The smallest absolute Gasteiger partial charge is 0.167 e. The summed E-state index contributed by atoms with van der Waals surface area (Å²) in [6.07, 6.45) is 0. The van der Waals surface area contributed by atoms with Crippen LogP contribution in [-0.4, -0.2) is 23.8 Å². The molecule has 55 heavy (non-hydrogen) atoms. The molecule has 5 heterocycles. The van der Waals surface area contributed by atoms with Crippen LogP contribution in [0.2, 0.25) is 0 Å². The first-order valence-corrected chi connectivity index (χ1v) is 18.5. The van der Waals surface area contributed by atoms with Gasteiger partial charge in [-0.1, -0.05) is 127 Å². The van der Waals surface area contributed by atoms with Gasteiger partial charge in [0.05, 0.1) is 38.7 Å². The van der Waals surface area contributed by atoms with Crippen LogP contribution >= 0.6 is 0 Å². The number of nitrogens with zero attached hydrogens (tertiary/aromatic N) is 5. The van der Waals surface area contributed by atoms with E-state index in [1.165, 1.54) is 48.9 Å². The quantitative estimate of drug-likeness (QED) is 0.172. The average molecular weight is 702 g/mol. The van der Waals surface area contributed by atoms with E-state index in [9.17, 15) is 0 Å². The van der Waals surface area contributed by atoms with Gasteiger partial charge in [-0.15, -0.1) is 0 Å². The molecule has 0 amide bonds. The first-order chi connectivity index (χ1) is 27.3. The second-order valence-electron chi connectivity index (χ2n) is 14.4. The van der Waals surface area contributed by atoms with Crippen LogP contribution in [0.3, 0.4) is 0 Å². The zero-order chi connectivity index (χ0) is 35.8. The Morgan fingerprint density at radius 2 is 0.909 bits per heavy atom. The fourth-order valence-corrected chi connectivity index (χ4v) is 9.19. The van der Waals surface area contributed by atoms with Crippen molar-refractivity contribution in [3.8, 4) is 34.2 Å². The number of para-hydroxylation sites is 5. The first kappa shape index (κ1) is 28.9. The van der Waals surface area contributed by atoms with Crippen molar-refractivity contribution in [3.63, 3.8) is 0 Å². The molecule has 0 spiro atoms. The molecular formula is C49H27N5O. The molecule has 0 unspecified atom stereocenters. The first-order valence-electron chi connectivity index (χ1n) is 18.5. The van der Waals surface area contributed by atoms with Crippen molar-refractivity contribution >= 4 is 87.4 Å². The summed E-state index contributed by atoms with van der Waals surface area (Å²) in [6.45, 7) is 0. The average Bonchev–Trinajstić information content (AvgIpc) is 3.92. The number of hydrogen-bond donors (Lipinski definition) is 0. The van der Waals surface area contributed by atoms with E-state index in [1.807, 2.05) is 54.6 Å². The molecule has 13 rings (SSSR count). The van der Waals surface area contributed by atoms with Crippen LogP contribution in [0.5, 0.6) is 0 Å². The van der Waals surface area contributed by atoms with E-state index in [4.69, 9.17) is 19.4 Å². The van der Waals surface area contributed by atoms with E-state index in [2.05, 4.69) is 118 Å². The van der Waals surface area contributed by atoms with Crippen LogP contribution in [0.15, 0.2) is 168 Å². The maximum absolute atomic E-state index is 6.48. The van der Waals surface area contributed by atoms with Gasteiger partial charge in [0.1, 0.15) is 11.2 Å². The number of rotatable bonds is 3. The summed E-state index contributed by atoms with van der Waals surface area (Å²) >= 11 is 0. The maximum atomic E-state index is 6.48. The Morgan fingerprint density at radius 1 is 0.364 bits per heavy atom. The van der Waals surface area contributed by atoms with Gasteiger partial charge >= 0.3 is 0 Å². The fourth-order valence-electron chi connectivity index (χ4n) is 9.19. The van der Waals surface area contributed by atoms with Crippen molar-refractivity contribution in [2.24, 2.45) is 0 Å². The van der Waals surface area contributed by atoms with Gasteiger partial charge in [0, 0.05) is 43.4 Å². The van der Waals surface area contributed by atoms with Crippen molar-refractivity contribution in [1.82, 2.24) is 23.8 Å². The Labute approximate surface area is 312 Å². The van der Waals surface area contributed by atoms with Gasteiger partial charge in [-0.2, -0.15) is 0 Å². The van der Waals surface area contributed by atoms with Gasteiger partial charge in [-0.05, 0) is 47.2 Å². The number of benzene rings is 8. The molecule has 5 aromatic heterocycles. The second kappa shape index (κ2) is 10.5. The molecule has 0 atom stereocenters. The van der Waals surface area contributed by atoms with E-state index in [0.29, 0.717) is 17.5 Å². The molecule has 254 valence electrons. The van der Waals surface area contributed by atoms with Crippen LogP contribution in [0.25, 0.3) is 122 Å². The SMILES string of the molecule is c1ccc(-c2nc(-c3ccc4c5c6ccccc6c6c7ccccc7n7c8ccccc8n(c4c3)c5c67)nc(-c3cccc4c3oc3ccccc34)n2)cc1. The lowest BCUT2D eigenvalue weighted by atomic mass is 9.98. The molecular weight excluding hydrogens is 675 g/mol. The van der Waals surface area contributed by atoms with E-state index in [-0.39, 0.29) is 0 Å². The van der Waals surface area contributed by atoms with Crippen molar-refractivity contribution in [2.45, 2.75) is 0 Å². The normalized spacial score (nSPS) is 12.4. The molecule has 6 nitrogen and oxygen atoms in total. The van der Waals surface area contributed by atoms with Crippen molar-refractivity contribution < 1.29 is 4.42 Å². The van der Waals surface area contributed by atoms with Gasteiger partial charge in [0.15, 0.2) is 17.5 Å². The summed E-state index contributed by atoms with van der Waals surface area (Å²) in [4.78, 5) is 15.5. The number of aromatic nitrogens is 5. The molecule has 0 bridgehead atoms. The third-order valence-electron chi connectivity index (χ3n) is 11.5. The lowest BCUT2D eigenvalue weighted by Crippen LogP contribution is -2.00. The molecule has 0 saturated carbocycles. The molecule has 0 N–H and O–H groups in total. The third kappa shape index (κ3) is 3.79. The summed E-state index contributed by atoms with van der Waals surface area (Å²) in [7, 11) is 0. The van der Waals surface area contributed by atoms with Crippen LogP contribution in [0.4, 0.5) is 0 Å². The van der Waals surface area contributed by atoms with Crippen molar-refractivity contribution in [3.05, 3.63) is 164 Å². The van der Waals surface area contributed by atoms with E-state index >= 15 is 0 Å². The lowest BCUT2D eigenvalue weighted by Gasteiger charge is -2.13. The van der Waals surface area contributed by atoms with E-state index in [0.717, 1.165) is 55.2 Å². The van der Waals surface area contributed by atoms with Crippen LogP contribution < -0.4 is 0 Å². The number of furan rings is 1. The molecule has 8 aromatic carbocycles. The molecule has 13 aromatic rings. The third-order valence-corrected chi connectivity index (χ3v) is 11.5. The molecule has 0 aliphatic carbocycles. The number of hydrogen-bond acceptors (Lipinski definition) is 4. The lowest BCUT2D eigenvalue weighted by molar-refractivity contribution is 0.669. The molecule has 6 heteroatoms. The Balaban J connectivity index is 1.15. The highest BCUT2D eigenvalue weighted by atomic mass is 16.3. The van der Waals surface area contributed by atoms with Gasteiger partial charge in [0.2, 0.25) is 0 Å². The minimum atomic E-state index is 0.567. The van der Waals surface area contributed by atoms with E-state index < -0.39 is 0 Å².